The van der Waals surface area contributed by atoms with Crippen molar-refractivity contribution in [3.8, 4) is 11.6 Å². The SMILES string of the molecule is O=C(CCc1ccc(Cl)cc1)N1CCCC(c2noc(-c3ccccn3)n2)C1. The first kappa shape index (κ1) is 18.6. The molecule has 0 bridgehead atoms. The Labute approximate surface area is 168 Å². The lowest BCUT2D eigenvalue weighted by Crippen LogP contribution is -2.39. The van der Waals surface area contributed by atoms with E-state index in [0.29, 0.717) is 41.8 Å². The molecule has 1 amide bonds. The number of aromatic nitrogens is 3. The minimum Gasteiger partial charge on any atom is -0.342 e. The van der Waals surface area contributed by atoms with Crippen molar-refractivity contribution in [1.29, 1.82) is 0 Å². The van der Waals surface area contributed by atoms with E-state index in [9.17, 15) is 4.79 Å². The number of hydrogen-bond donors (Lipinski definition) is 0. The molecule has 0 radical (unpaired) electrons. The van der Waals surface area contributed by atoms with Gasteiger partial charge in [-0.05, 0) is 49.1 Å². The van der Waals surface area contributed by atoms with Gasteiger partial charge in [-0.2, -0.15) is 4.98 Å². The average molecular weight is 397 g/mol. The number of rotatable bonds is 5. The molecule has 0 saturated carbocycles. The number of carbonyl (C=O) groups is 1. The molecule has 1 fully saturated rings. The fraction of sp³-hybridized carbons (Fsp3) is 0.333. The van der Waals surface area contributed by atoms with E-state index in [1.54, 1.807) is 6.20 Å². The van der Waals surface area contributed by atoms with Gasteiger partial charge >= 0.3 is 0 Å². The van der Waals surface area contributed by atoms with Gasteiger partial charge < -0.3 is 9.42 Å². The van der Waals surface area contributed by atoms with Crippen molar-refractivity contribution in [3.63, 3.8) is 0 Å². The van der Waals surface area contributed by atoms with Crippen molar-refractivity contribution in [2.24, 2.45) is 0 Å². The Morgan fingerprint density at radius 2 is 2.07 bits per heavy atom. The molecular weight excluding hydrogens is 376 g/mol. The Kier molecular flexibility index (Phi) is 5.67. The number of piperidine rings is 1. The minimum atomic E-state index is 0.0921. The average Bonchev–Trinajstić information content (AvgIpc) is 3.24. The summed E-state index contributed by atoms with van der Waals surface area (Å²) in [5.74, 6) is 1.32. The van der Waals surface area contributed by atoms with Crippen LogP contribution in [0.15, 0.2) is 53.2 Å². The first-order valence-corrected chi connectivity index (χ1v) is 9.84. The zero-order valence-corrected chi connectivity index (χ0v) is 16.2. The highest BCUT2D eigenvalue weighted by Gasteiger charge is 2.28. The molecule has 7 heteroatoms. The summed E-state index contributed by atoms with van der Waals surface area (Å²) >= 11 is 5.91. The summed E-state index contributed by atoms with van der Waals surface area (Å²) in [6.07, 6.45) is 4.77. The molecule has 2 aromatic heterocycles. The van der Waals surface area contributed by atoms with Gasteiger partial charge in [0, 0.05) is 36.6 Å². The predicted octanol–water partition coefficient (Wildman–Crippen LogP) is 4.12. The molecule has 0 spiro atoms. The van der Waals surface area contributed by atoms with Gasteiger partial charge in [-0.15, -0.1) is 0 Å². The summed E-state index contributed by atoms with van der Waals surface area (Å²) in [5.41, 5.74) is 1.78. The van der Waals surface area contributed by atoms with Crippen LogP contribution >= 0.6 is 11.6 Å². The standard InChI is InChI=1S/C21H21ClN4O2/c22-17-9-6-15(7-10-17)8-11-19(27)26-13-3-4-16(14-26)20-24-21(28-25-20)18-5-1-2-12-23-18/h1-2,5-7,9-10,12,16H,3-4,8,11,13-14H2. The zero-order chi connectivity index (χ0) is 19.3. The smallest absolute Gasteiger partial charge is 0.276 e. The lowest BCUT2D eigenvalue weighted by molar-refractivity contribution is -0.132. The Morgan fingerprint density at radius 3 is 2.86 bits per heavy atom. The normalized spacial score (nSPS) is 16.9. The second kappa shape index (κ2) is 8.52. The zero-order valence-electron chi connectivity index (χ0n) is 15.4. The number of amides is 1. The van der Waals surface area contributed by atoms with Crippen molar-refractivity contribution in [2.45, 2.75) is 31.6 Å². The molecule has 0 aliphatic carbocycles. The molecule has 1 aromatic carbocycles. The highest BCUT2D eigenvalue weighted by Crippen LogP contribution is 2.27. The van der Waals surface area contributed by atoms with Crippen LogP contribution in [-0.4, -0.2) is 39.0 Å². The summed E-state index contributed by atoms with van der Waals surface area (Å²) < 4.78 is 5.38. The van der Waals surface area contributed by atoms with Gasteiger partial charge in [0.05, 0.1) is 0 Å². The van der Waals surface area contributed by atoms with Crippen molar-refractivity contribution in [2.75, 3.05) is 13.1 Å². The Morgan fingerprint density at radius 1 is 1.21 bits per heavy atom. The van der Waals surface area contributed by atoms with Crippen molar-refractivity contribution in [1.82, 2.24) is 20.0 Å². The monoisotopic (exact) mass is 396 g/mol. The van der Waals surface area contributed by atoms with Gasteiger partial charge in [-0.1, -0.05) is 35.0 Å². The number of carbonyl (C=O) groups excluding carboxylic acids is 1. The van der Waals surface area contributed by atoms with Crippen molar-refractivity contribution < 1.29 is 9.32 Å². The van der Waals surface area contributed by atoms with Crippen LogP contribution in [-0.2, 0) is 11.2 Å². The molecular formula is C21H21ClN4O2. The molecule has 0 N–H and O–H groups in total. The van der Waals surface area contributed by atoms with E-state index in [4.69, 9.17) is 16.1 Å². The topological polar surface area (TPSA) is 72.1 Å². The molecule has 1 aliphatic rings. The van der Waals surface area contributed by atoms with Gasteiger partial charge in [-0.25, -0.2) is 0 Å². The molecule has 1 aliphatic heterocycles. The van der Waals surface area contributed by atoms with Crippen LogP contribution in [0, 0.1) is 0 Å². The summed E-state index contributed by atoms with van der Waals surface area (Å²) in [7, 11) is 0. The number of nitrogens with zero attached hydrogens (tertiary/aromatic N) is 4. The van der Waals surface area contributed by atoms with Crippen LogP contribution in [0.25, 0.3) is 11.6 Å². The van der Waals surface area contributed by atoms with Gasteiger partial charge in [-0.3, -0.25) is 9.78 Å². The molecule has 3 aromatic rings. The second-order valence-corrected chi connectivity index (χ2v) is 7.41. The third-order valence-corrected chi connectivity index (χ3v) is 5.26. The number of aryl methyl sites for hydroxylation is 1. The molecule has 3 heterocycles. The van der Waals surface area contributed by atoms with Gasteiger partial charge in [0.15, 0.2) is 5.82 Å². The highest BCUT2D eigenvalue weighted by atomic mass is 35.5. The highest BCUT2D eigenvalue weighted by molar-refractivity contribution is 6.30. The molecule has 28 heavy (non-hydrogen) atoms. The van der Waals surface area contributed by atoms with E-state index < -0.39 is 0 Å². The van der Waals surface area contributed by atoms with Gasteiger partial charge in [0.1, 0.15) is 5.69 Å². The number of halogens is 1. The number of pyridine rings is 1. The van der Waals surface area contributed by atoms with Crippen LogP contribution < -0.4 is 0 Å². The first-order chi connectivity index (χ1) is 13.7. The quantitative estimate of drug-likeness (QED) is 0.648. The van der Waals surface area contributed by atoms with E-state index in [2.05, 4.69) is 15.1 Å². The lowest BCUT2D eigenvalue weighted by Gasteiger charge is -2.31. The fourth-order valence-corrected chi connectivity index (χ4v) is 3.59. The van der Waals surface area contributed by atoms with E-state index >= 15 is 0 Å². The third kappa shape index (κ3) is 4.39. The van der Waals surface area contributed by atoms with E-state index in [-0.39, 0.29) is 11.8 Å². The molecule has 1 atom stereocenters. The molecule has 6 nitrogen and oxygen atoms in total. The maximum atomic E-state index is 12.7. The summed E-state index contributed by atoms with van der Waals surface area (Å²) in [5, 5.41) is 4.84. The molecule has 1 unspecified atom stereocenters. The summed E-state index contributed by atoms with van der Waals surface area (Å²) in [6.45, 7) is 1.40. The predicted molar refractivity (Wildman–Crippen MR) is 106 cm³/mol. The molecule has 1 saturated heterocycles. The minimum absolute atomic E-state index is 0.0921. The van der Waals surface area contributed by atoms with Crippen LogP contribution in [0.5, 0.6) is 0 Å². The van der Waals surface area contributed by atoms with Crippen LogP contribution in [0.1, 0.15) is 36.6 Å². The van der Waals surface area contributed by atoms with E-state index in [1.807, 2.05) is 47.4 Å². The van der Waals surface area contributed by atoms with Crippen molar-refractivity contribution in [3.05, 3.63) is 65.1 Å². The third-order valence-electron chi connectivity index (χ3n) is 5.01. The summed E-state index contributed by atoms with van der Waals surface area (Å²) in [6, 6.07) is 13.2. The lowest BCUT2D eigenvalue weighted by atomic mass is 9.97. The second-order valence-electron chi connectivity index (χ2n) is 6.98. The van der Waals surface area contributed by atoms with E-state index in [1.165, 1.54) is 0 Å². The van der Waals surface area contributed by atoms with Gasteiger partial charge in [0.2, 0.25) is 5.91 Å². The maximum Gasteiger partial charge on any atom is 0.276 e. The number of likely N-dealkylation sites (tertiary alicyclic amines) is 1. The number of hydrogen-bond acceptors (Lipinski definition) is 5. The Bertz CT molecular complexity index is 927. The fourth-order valence-electron chi connectivity index (χ4n) is 3.47. The van der Waals surface area contributed by atoms with Crippen molar-refractivity contribution >= 4 is 17.5 Å². The Balaban J connectivity index is 1.37. The Hall–Kier alpha value is -2.73. The van der Waals surface area contributed by atoms with Crippen LogP contribution in [0.3, 0.4) is 0 Å². The maximum absolute atomic E-state index is 12.7. The first-order valence-electron chi connectivity index (χ1n) is 9.46. The molecule has 144 valence electrons. The van der Waals surface area contributed by atoms with E-state index in [0.717, 1.165) is 24.9 Å². The summed E-state index contributed by atoms with van der Waals surface area (Å²) in [4.78, 5) is 23.3. The molecule has 4 rings (SSSR count). The van der Waals surface area contributed by atoms with Crippen LogP contribution in [0.4, 0.5) is 0 Å². The van der Waals surface area contributed by atoms with Crippen LogP contribution in [0.2, 0.25) is 5.02 Å². The largest absolute Gasteiger partial charge is 0.342 e. The number of benzene rings is 1. The van der Waals surface area contributed by atoms with Gasteiger partial charge in [0.25, 0.3) is 5.89 Å².